The second-order valence-corrected chi connectivity index (χ2v) is 8.88. The molecule has 0 aliphatic rings. The number of nitrogens with zero attached hydrogens (tertiary/aromatic N) is 1. The van der Waals surface area contributed by atoms with E-state index in [4.69, 9.17) is 9.26 Å². The monoisotopic (exact) mass is 402 g/mol. The van der Waals surface area contributed by atoms with Crippen LogP contribution < -0.4 is 10.6 Å². The van der Waals surface area contributed by atoms with Crippen molar-refractivity contribution in [2.45, 2.75) is 26.9 Å². The van der Waals surface area contributed by atoms with Gasteiger partial charge in [-0.25, -0.2) is 9.59 Å². The van der Waals surface area contributed by atoms with Crippen LogP contribution in [0.25, 0.3) is 0 Å². The van der Waals surface area contributed by atoms with Crippen molar-refractivity contribution in [1.29, 1.82) is 0 Å². The molecular weight excluding hydrogens is 379 g/mol. The Balaban J connectivity index is 1.92. The summed E-state index contributed by atoms with van der Waals surface area (Å²) in [6.07, 6.45) is 0.579. The second kappa shape index (κ2) is 10.00. The van der Waals surface area contributed by atoms with Gasteiger partial charge >= 0.3 is 6.09 Å². The molecule has 0 spiro atoms. The molecular formula is C20H23N2O5P. The number of hydrogen-bond donors (Lipinski definition) is 1. The van der Waals surface area contributed by atoms with Gasteiger partial charge in [0.15, 0.2) is 0 Å². The van der Waals surface area contributed by atoms with Crippen molar-refractivity contribution < 1.29 is 23.4 Å². The number of aryl methyl sites for hydroxylation is 1. The summed E-state index contributed by atoms with van der Waals surface area (Å²) < 4.78 is 23.9. The van der Waals surface area contributed by atoms with Gasteiger partial charge in [-0.1, -0.05) is 31.2 Å². The van der Waals surface area contributed by atoms with Crippen LogP contribution in [0.1, 0.15) is 19.4 Å². The fourth-order valence-corrected chi connectivity index (χ4v) is 4.40. The Kier molecular flexibility index (Phi) is 7.70. The predicted octanol–water partition coefficient (Wildman–Crippen LogP) is 4.54. The molecule has 0 aromatic heterocycles. The van der Waals surface area contributed by atoms with Gasteiger partial charge in [0.1, 0.15) is 6.61 Å². The second-order valence-electron chi connectivity index (χ2n) is 6.17. The molecule has 0 saturated carbocycles. The molecule has 0 bridgehead atoms. The van der Waals surface area contributed by atoms with Crippen LogP contribution in [-0.4, -0.2) is 31.0 Å². The maximum atomic E-state index is 13.0. The zero-order valence-corrected chi connectivity index (χ0v) is 16.9. The SMILES string of the molecule is CCP(=O)(OC(C)COC(=O)Nc1ccc(C)c(N=C=O)c1)c1ccccc1. The highest BCUT2D eigenvalue weighted by atomic mass is 31.2. The number of rotatable bonds is 8. The molecule has 0 radical (unpaired) electrons. The number of isocyanates is 1. The lowest BCUT2D eigenvalue weighted by Gasteiger charge is -2.22. The molecule has 2 aromatic rings. The zero-order chi connectivity index (χ0) is 20.6. The largest absolute Gasteiger partial charge is 0.447 e. The third-order valence-corrected chi connectivity index (χ3v) is 6.60. The van der Waals surface area contributed by atoms with E-state index in [9.17, 15) is 14.2 Å². The Morgan fingerprint density at radius 2 is 1.96 bits per heavy atom. The number of hydrogen-bond acceptors (Lipinski definition) is 6. The van der Waals surface area contributed by atoms with Crippen molar-refractivity contribution in [3.63, 3.8) is 0 Å². The van der Waals surface area contributed by atoms with E-state index in [0.29, 0.717) is 22.8 Å². The fraction of sp³-hybridized carbons (Fsp3) is 0.300. The molecule has 0 fully saturated rings. The van der Waals surface area contributed by atoms with Gasteiger partial charge in [-0.05, 0) is 43.7 Å². The molecule has 28 heavy (non-hydrogen) atoms. The minimum absolute atomic E-state index is 0.0616. The third-order valence-electron chi connectivity index (χ3n) is 3.99. The highest BCUT2D eigenvalue weighted by Crippen LogP contribution is 2.46. The Morgan fingerprint density at radius 3 is 2.61 bits per heavy atom. The van der Waals surface area contributed by atoms with E-state index in [-0.39, 0.29) is 6.61 Å². The molecule has 2 aromatic carbocycles. The number of aliphatic imine (C=N–C) groups is 1. The van der Waals surface area contributed by atoms with Gasteiger partial charge in [0, 0.05) is 17.2 Å². The lowest BCUT2D eigenvalue weighted by Crippen LogP contribution is -2.23. The van der Waals surface area contributed by atoms with Crippen LogP contribution in [0.2, 0.25) is 0 Å². The quantitative estimate of drug-likeness (QED) is 0.397. The van der Waals surface area contributed by atoms with E-state index in [1.54, 1.807) is 63.2 Å². The Bertz CT molecular complexity index is 910. The van der Waals surface area contributed by atoms with Crippen molar-refractivity contribution in [1.82, 2.24) is 0 Å². The number of anilines is 1. The van der Waals surface area contributed by atoms with E-state index in [2.05, 4.69) is 10.3 Å². The number of amides is 1. The number of carbonyl (C=O) groups is 1. The smallest absolute Gasteiger partial charge is 0.411 e. The minimum Gasteiger partial charge on any atom is -0.447 e. The van der Waals surface area contributed by atoms with Crippen LogP contribution in [0.5, 0.6) is 0 Å². The van der Waals surface area contributed by atoms with E-state index < -0.39 is 19.6 Å². The first-order valence-electron chi connectivity index (χ1n) is 8.83. The van der Waals surface area contributed by atoms with Crippen LogP contribution >= 0.6 is 7.37 Å². The highest BCUT2D eigenvalue weighted by molar-refractivity contribution is 7.66. The first-order chi connectivity index (χ1) is 13.4. The van der Waals surface area contributed by atoms with Gasteiger partial charge in [0.25, 0.3) is 0 Å². The van der Waals surface area contributed by atoms with Crippen LogP contribution in [0.15, 0.2) is 53.5 Å². The van der Waals surface area contributed by atoms with E-state index in [1.807, 2.05) is 6.07 Å². The van der Waals surface area contributed by atoms with E-state index >= 15 is 0 Å². The standard InChI is InChI=1S/C20H23N2O5P/c1-4-28(25,18-8-6-5-7-9-18)27-16(3)13-26-20(24)22-17-11-10-15(2)19(12-17)21-14-23/h5-12,16H,4,13H2,1-3H3,(H,22,24). The predicted molar refractivity (Wildman–Crippen MR) is 109 cm³/mol. The van der Waals surface area contributed by atoms with Crippen LogP contribution in [-0.2, 0) is 18.6 Å². The number of benzene rings is 2. The van der Waals surface area contributed by atoms with Gasteiger partial charge in [-0.3, -0.25) is 9.88 Å². The molecule has 2 rings (SSSR count). The lowest BCUT2D eigenvalue weighted by molar-refractivity contribution is 0.102. The fourth-order valence-electron chi connectivity index (χ4n) is 2.50. The Morgan fingerprint density at radius 1 is 1.25 bits per heavy atom. The molecule has 0 aliphatic carbocycles. The number of carbonyl (C=O) groups excluding carboxylic acids is 2. The van der Waals surface area contributed by atoms with Gasteiger partial charge in [-0.15, -0.1) is 0 Å². The molecule has 7 nitrogen and oxygen atoms in total. The number of nitrogens with one attached hydrogen (secondary N) is 1. The molecule has 0 aliphatic heterocycles. The molecule has 1 N–H and O–H groups in total. The number of ether oxygens (including phenoxy) is 1. The van der Waals surface area contributed by atoms with Gasteiger partial charge < -0.3 is 9.26 Å². The summed E-state index contributed by atoms with van der Waals surface area (Å²) in [6, 6.07) is 13.9. The van der Waals surface area contributed by atoms with Crippen LogP contribution in [0.3, 0.4) is 0 Å². The molecule has 0 saturated heterocycles. The van der Waals surface area contributed by atoms with E-state index in [0.717, 1.165) is 5.56 Å². The summed E-state index contributed by atoms with van der Waals surface area (Å²) in [6.45, 7) is 5.22. The average molecular weight is 402 g/mol. The molecule has 2 atom stereocenters. The molecule has 2 unspecified atom stereocenters. The zero-order valence-electron chi connectivity index (χ0n) is 16.0. The summed E-state index contributed by atoms with van der Waals surface area (Å²) in [7, 11) is -3.02. The average Bonchev–Trinajstić information content (AvgIpc) is 2.70. The van der Waals surface area contributed by atoms with Crippen LogP contribution in [0, 0.1) is 6.92 Å². The lowest BCUT2D eigenvalue weighted by atomic mass is 10.2. The van der Waals surface area contributed by atoms with Crippen molar-refractivity contribution in [3.05, 3.63) is 54.1 Å². The summed E-state index contributed by atoms with van der Waals surface area (Å²) in [5.41, 5.74) is 1.62. The third kappa shape index (κ3) is 5.89. The molecule has 148 valence electrons. The maximum Gasteiger partial charge on any atom is 0.411 e. The normalized spacial score (nSPS) is 13.7. The Labute approximate surface area is 164 Å². The summed E-state index contributed by atoms with van der Waals surface area (Å²) >= 11 is 0. The van der Waals surface area contributed by atoms with Crippen molar-refractivity contribution in [2.75, 3.05) is 18.1 Å². The van der Waals surface area contributed by atoms with Gasteiger partial charge in [0.05, 0.1) is 11.8 Å². The maximum absolute atomic E-state index is 13.0. The van der Waals surface area contributed by atoms with Crippen LogP contribution in [0.4, 0.5) is 16.2 Å². The molecule has 8 heteroatoms. The summed E-state index contributed by atoms with van der Waals surface area (Å²) in [4.78, 5) is 26.0. The first-order valence-corrected chi connectivity index (χ1v) is 10.6. The Hall–Kier alpha value is -2.72. The topological polar surface area (TPSA) is 94.1 Å². The van der Waals surface area contributed by atoms with Gasteiger partial charge in [-0.2, -0.15) is 4.99 Å². The van der Waals surface area contributed by atoms with Crippen molar-refractivity contribution in [2.24, 2.45) is 4.99 Å². The first kappa shape index (κ1) is 21.6. The minimum atomic E-state index is -3.02. The molecule has 0 heterocycles. The summed E-state index contributed by atoms with van der Waals surface area (Å²) in [5, 5.41) is 3.19. The van der Waals surface area contributed by atoms with Gasteiger partial charge in [0.2, 0.25) is 13.4 Å². The highest BCUT2D eigenvalue weighted by Gasteiger charge is 2.26. The van der Waals surface area contributed by atoms with Crippen molar-refractivity contribution >= 4 is 36.2 Å². The van der Waals surface area contributed by atoms with E-state index in [1.165, 1.54) is 6.08 Å². The summed E-state index contributed by atoms with van der Waals surface area (Å²) in [5.74, 6) is 0. The molecule has 1 amide bonds. The van der Waals surface area contributed by atoms with Crippen molar-refractivity contribution in [3.8, 4) is 0 Å².